The van der Waals surface area contributed by atoms with E-state index in [9.17, 15) is 0 Å². The Morgan fingerprint density at radius 1 is 1.00 bits per heavy atom. The first-order valence-corrected chi connectivity index (χ1v) is 0. The molecule has 0 saturated heterocycles. The van der Waals surface area contributed by atoms with Crippen LogP contribution in [0.15, 0.2) is 0 Å². The quantitative estimate of drug-likeness (QED) is 0.476. The van der Waals surface area contributed by atoms with Crippen LogP contribution in [-0.4, -0.2) is 52.6 Å². The van der Waals surface area contributed by atoms with Crippen molar-refractivity contribution in [3.63, 3.8) is 0 Å². The maximum atomic E-state index is 0. The molecule has 0 rings (SSSR count). The molecule has 0 N–H and O–H groups in total. The van der Waals surface area contributed by atoms with Gasteiger partial charge in [0.15, 0.2) is 0 Å². The molecule has 24 valence electrons. The molecule has 0 aliphatic carbocycles. The van der Waals surface area contributed by atoms with Crippen LogP contribution in [0.3, 0.4) is 0 Å². The average molecular weight is 262 g/mol. The summed E-state index contributed by atoms with van der Waals surface area (Å²) in [5.41, 5.74) is 0. The predicted molar refractivity (Wildman–Crippen MR) is 29.0 cm³/mol. The third-order valence-electron chi connectivity index (χ3n) is 0. The predicted octanol–water partition coefficient (Wildman–Crippen LogP) is -1.30. The summed E-state index contributed by atoms with van der Waals surface area (Å²) in [5.74, 6) is 0. The first-order valence-electron chi connectivity index (χ1n) is 0. The van der Waals surface area contributed by atoms with E-state index in [0.717, 1.165) is 0 Å². The Balaban J connectivity index is 0. The van der Waals surface area contributed by atoms with E-state index >= 15 is 0 Å². The van der Waals surface area contributed by atoms with Crippen LogP contribution < -0.4 is 0 Å². The van der Waals surface area contributed by atoms with E-state index in [4.69, 9.17) is 0 Å². The Morgan fingerprint density at radius 2 is 1.00 bits per heavy atom. The van der Waals surface area contributed by atoms with E-state index in [1.807, 2.05) is 0 Å². The molecule has 0 heterocycles. The summed E-state index contributed by atoms with van der Waals surface area (Å²) in [5, 5.41) is 0. The van der Waals surface area contributed by atoms with Crippen molar-refractivity contribution in [3.8, 4) is 0 Å². The van der Waals surface area contributed by atoms with Gasteiger partial charge in [-0.25, -0.2) is 0 Å². The Bertz CT molecular complexity index is 8.00. The SMILES string of the molecule is [AsH3].[Ge].[S].[Se]. The van der Waals surface area contributed by atoms with Crippen LogP contribution in [0.1, 0.15) is 0 Å². The number of rotatable bonds is 0. The monoisotopic (exact) mass is 264 g/mol. The third kappa shape index (κ3) is 9.02. The summed E-state index contributed by atoms with van der Waals surface area (Å²) >= 11 is 0. The van der Waals surface area contributed by atoms with Gasteiger partial charge in [0.05, 0.1) is 0 Å². The minimum Gasteiger partial charge on any atom is 0 e. The Morgan fingerprint density at radius 3 is 1.00 bits per heavy atom. The van der Waals surface area contributed by atoms with E-state index in [1.165, 1.54) is 0 Å². The topological polar surface area (TPSA) is 0 Å². The van der Waals surface area contributed by atoms with Gasteiger partial charge in [-0.3, -0.25) is 0 Å². The zero-order chi connectivity index (χ0) is 0. The van der Waals surface area contributed by atoms with E-state index in [0.29, 0.717) is 0 Å². The molecule has 1 unspecified atom stereocenters. The van der Waals surface area contributed by atoms with Gasteiger partial charge in [0, 0.05) is 48.2 Å². The molecule has 0 aliphatic rings. The van der Waals surface area contributed by atoms with Gasteiger partial charge in [-0.15, -0.1) is 0 Å². The molecule has 0 spiro atoms. The molecule has 1 atom stereocenters. The molecule has 0 aliphatic heterocycles. The number of hydrogen-bond donors (Lipinski definition) is 0. The van der Waals surface area contributed by atoms with Crippen molar-refractivity contribution >= 4 is 66.1 Å². The molecular weight excluding hydrogens is 259 g/mol. The van der Waals surface area contributed by atoms with Gasteiger partial charge in [-0.1, -0.05) is 0 Å². The fraction of sp³-hybridized carbons (Fsp3) is 0. The second-order valence-electron chi connectivity index (χ2n) is 0. The molecule has 0 nitrogen and oxygen atoms in total. The van der Waals surface area contributed by atoms with Crippen molar-refractivity contribution in [2.45, 2.75) is 0 Å². The Kier molecular flexibility index (Phi) is 192. The maximum absolute atomic E-state index is 0. The van der Waals surface area contributed by atoms with E-state index in [-0.39, 0.29) is 66.1 Å². The summed E-state index contributed by atoms with van der Waals surface area (Å²) in [6.07, 6.45) is 0. The third-order valence-corrected chi connectivity index (χ3v) is 0. The van der Waals surface area contributed by atoms with Crippen LogP contribution in [-0.2, 0) is 0 Å². The fourth-order valence-corrected chi connectivity index (χ4v) is 0. The molecule has 0 bridgehead atoms. The molecular formula is H3AsGeSSe. The smallest absolute Gasteiger partial charge is 0 e. The summed E-state index contributed by atoms with van der Waals surface area (Å²) in [4.78, 5) is 0. The zero-order valence-corrected chi connectivity index (χ0v) is 9.62. The first-order chi connectivity index (χ1) is 0. The van der Waals surface area contributed by atoms with Gasteiger partial charge < -0.3 is 0 Å². The molecule has 4 heteroatoms. The maximum Gasteiger partial charge on any atom is 0 e. The Hall–Kier alpha value is 1.97. The minimum absolute atomic E-state index is 0. The van der Waals surface area contributed by atoms with Crippen molar-refractivity contribution in [2.75, 3.05) is 0 Å². The summed E-state index contributed by atoms with van der Waals surface area (Å²) in [6.45, 7) is 0. The first kappa shape index (κ1) is 38.0. The van der Waals surface area contributed by atoms with Gasteiger partial charge >= 0.3 is 18.0 Å². The van der Waals surface area contributed by atoms with E-state index in [2.05, 4.69) is 0 Å². The van der Waals surface area contributed by atoms with Crippen LogP contribution in [0.5, 0.6) is 0 Å². The van der Waals surface area contributed by atoms with Crippen molar-refractivity contribution in [1.82, 2.24) is 0 Å². The molecule has 0 aromatic heterocycles. The second kappa shape index (κ2) is 20.2. The van der Waals surface area contributed by atoms with E-state index in [1.54, 1.807) is 0 Å². The van der Waals surface area contributed by atoms with Gasteiger partial charge in [0.2, 0.25) is 0 Å². The fourth-order valence-electron chi connectivity index (χ4n) is 0. The summed E-state index contributed by atoms with van der Waals surface area (Å²) in [6, 6.07) is 0. The van der Waals surface area contributed by atoms with Crippen molar-refractivity contribution < 1.29 is 0 Å². The van der Waals surface area contributed by atoms with Crippen LogP contribution in [0, 0.1) is 0 Å². The molecule has 0 aromatic carbocycles. The standard InChI is InChI=1S/AsH3.Ge.S.Se/h1H3;;;. The average Bonchev–Trinajstić information content (AvgIpc) is 0. The number of hydrogen-bond acceptors (Lipinski definition) is 0. The summed E-state index contributed by atoms with van der Waals surface area (Å²) < 4.78 is 0. The summed E-state index contributed by atoms with van der Waals surface area (Å²) in [7, 11) is 0. The Labute approximate surface area is 65.7 Å². The molecule has 8 radical (unpaired) electrons. The van der Waals surface area contributed by atoms with Gasteiger partial charge in [-0.2, -0.15) is 0 Å². The molecule has 0 amide bonds. The second-order valence-corrected chi connectivity index (χ2v) is 0. The van der Waals surface area contributed by atoms with E-state index < -0.39 is 0 Å². The largest absolute Gasteiger partial charge is 0 e. The van der Waals surface area contributed by atoms with Crippen molar-refractivity contribution in [3.05, 3.63) is 0 Å². The van der Waals surface area contributed by atoms with Crippen LogP contribution >= 0.6 is 13.5 Å². The molecule has 4 heavy (non-hydrogen) atoms. The zero-order valence-electron chi connectivity index (χ0n) is 2.02. The van der Waals surface area contributed by atoms with Crippen LogP contribution in [0.4, 0.5) is 0 Å². The molecule has 0 fully saturated rings. The normalized spacial score (nSPS) is 0. The van der Waals surface area contributed by atoms with Gasteiger partial charge in [0.1, 0.15) is 0 Å². The molecule has 0 aromatic rings. The van der Waals surface area contributed by atoms with Crippen molar-refractivity contribution in [2.24, 2.45) is 0 Å². The van der Waals surface area contributed by atoms with Gasteiger partial charge in [0.25, 0.3) is 0 Å². The van der Waals surface area contributed by atoms with Crippen LogP contribution in [0.25, 0.3) is 0 Å². The minimum atomic E-state index is 0. The van der Waals surface area contributed by atoms with Crippen molar-refractivity contribution in [1.29, 1.82) is 0 Å². The van der Waals surface area contributed by atoms with Gasteiger partial charge in [-0.05, 0) is 0 Å². The van der Waals surface area contributed by atoms with Crippen LogP contribution in [0.2, 0.25) is 0 Å². The molecule has 0 saturated carbocycles.